The number of aliphatic hydroxyl groups is 1. The molecule has 0 aromatic heterocycles. The third-order valence-corrected chi connectivity index (χ3v) is 8.78. The number of aliphatic carboxylic acids is 1. The summed E-state index contributed by atoms with van der Waals surface area (Å²) in [6, 6.07) is -8.12. The lowest BCUT2D eigenvalue weighted by Crippen LogP contribution is -2.61. The largest absolute Gasteiger partial charge is 0.481 e. The Morgan fingerprint density at radius 3 is 1.63 bits per heavy atom. The van der Waals surface area contributed by atoms with Crippen molar-refractivity contribution in [3.63, 3.8) is 0 Å². The molecule has 0 bridgehead atoms. The molecule has 18 nitrogen and oxygen atoms in total. The van der Waals surface area contributed by atoms with Crippen molar-refractivity contribution in [2.24, 2.45) is 17.6 Å². The average Bonchev–Trinajstić information content (AvgIpc) is 3.74. The highest BCUT2D eigenvalue weighted by molar-refractivity contribution is 6.38. The summed E-state index contributed by atoms with van der Waals surface area (Å²) in [6.07, 6.45) is 3.68. The van der Waals surface area contributed by atoms with Gasteiger partial charge in [0.2, 0.25) is 41.2 Å². The highest BCUT2D eigenvalue weighted by Crippen LogP contribution is 2.28. The van der Waals surface area contributed by atoms with E-state index in [9.17, 15) is 53.4 Å². The number of carbonyl (C=O) groups is 9. The normalized spacial score (nSPS) is 19.1. The fourth-order valence-corrected chi connectivity index (χ4v) is 6.10. The second kappa shape index (κ2) is 18.8. The molecule has 0 aromatic carbocycles. The van der Waals surface area contributed by atoms with Gasteiger partial charge in [-0.3, -0.25) is 43.2 Å². The van der Waals surface area contributed by atoms with E-state index in [0.717, 1.165) is 32.6 Å². The number of hydrogen-bond donors (Lipinski definition) is 9. The van der Waals surface area contributed by atoms with Gasteiger partial charge in [-0.1, -0.05) is 25.7 Å². The number of primary amides is 1. The molecule has 7 atom stereocenters. The maximum Gasteiger partial charge on any atom is 0.305 e. The first-order chi connectivity index (χ1) is 22.9. The number of Topliss-reactive ketones (excluding diaryl/α,β-unsaturated/α-hetero) is 1. The molecule has 2 rings (SSSR count). The van der Waals surface area contributed by atoms with Gasteiger partial charge in [0.05, 0.1) is 18.6 Å². The second-order valence-corrected chi connectivity index (χ2v) is 12.8. The highest BCUT2D eigenvalue weighted by Gasteiger charge is 2.37. The molecule has 2 aliphatic carbocycles. The van der Waals surface area contributed by atoms with Crippen molar-refractivity contribution < 1.29 is 53.4 Å². The fourth-order valence-electron chi connectivity index (χ4n) is 6.10. The van der Waals surface area contributed by atoms with Crippen LogP contribution in [0.25, 0.3) is 0 Å². The number of carbonyl (C=O) groups excluding carboxylic acids is 8. The minimum Gasteiger partial charge on any atom is -0.481 e. The Bertz CT molecular complexity index is 1280. The van der Waals surface area contributed by atoms with Crippen molar-refractivity contribution in [1.29, 1.82) is 0 Å². The molecule has 2 saturated carbocycles. The van der Waals surface area contributed by atoms with Crippen molar-refractivity contribution in [1.82, 2.24) is 31.9 Å². The van der Waals surface area contributed by atoms with Crippen LogP contribution in [-0.4, -0.2) is 106 Å². The third-order valence-electron chi connectivity index (χ3n) is 8.78. The van der Waals surface area contributed by atoms with E-state index in [-0.39, 0.29) is 11.8 Å². The minimum absolute atomic E-state index is 0.152. The smallest absolute Gasteiger partial charge is 0.305 e. The Kier molecular flexibility index (Phi) is 15.6. The van der Waals surface area contributed by atoms with Crippen molar-refractivity contribution >= 4 is 53.1 Å². The zero-order chi connectivity index (χ0) is 37.0. The van der Waals surface area contributed by atoms with Crippen molar-refractivity contribution in [2.75, 3.05) is 0 Å². The van der Waals surface area contributed by atoms with E-state index in [2.05, 4.69) is 26.6 Å². The van der Waals surface area contributed by atoms with Gasteiger partial charge in [-0.15, -0.1) is 0 Å². The fraction of sp³-hybridized carbons (Fsp3) is 0.710. The van der Waals surface area contributed by atoms with E-state index in [4.69, 9.17) is 5.73 Å². The summed E-state index contributed by atoms with van der Waals surface area (Å²) in [7, 11) is 0. The predicted molar refractivity (Wildman–Crippen MR) is 171 cm³/mol. The monoisotopic (exact) mass is 695 g/mol. The number of carboxylic acid groups (broad SMARTS) is 1. The molecule has 0 radical (unpaired) electrons. The number of hydrogen-bond acceptors (Lipinski definition) is 10. The average molecular weight is 696 g/mol. The van der Waals surface area contributed by atoms with Crippen LogP contribution in [0.2, 0.25) is 0 Å². The van der Waals surface area contributed by atoms with Crippen LogP contribution in [0.4, 0.5) is 0 Å². The lowest BCUT2D eigenvalue weighted by molar-refractivity contribution is -0.144. The van der Waals surface area contributed by atoms with Crippen molar-refractivity contribution in [2.45, 2.75) is 128 Å². The first-order valence-corrected chi connectivity index (χ1v) is 16.4. The van der Waals surface area contributed by atoms with Gasteiger partial charge in [-0.05, 0) is 58.3 Å². The standard InChI is InChI=1S/C31H49N7O11/c1-14(25(43)31(49)36-20(13-21(41)42)28(46)38-23(26(32)44)18-9-5-6-10-18)33-27(45)15(2)34-29(47)22(16(3)39)37-30(48)24(35-17(4)40)19-11-7-8-12-19/h14-16,18-20,22-24,39H,5-13H2,1-4H3,(H2,32,44)(H,33,45)(H,34,47)(H,35,40)(H,36,49)(H,37,48)(H,38,46)(H,41,42)/t14-,15-,16+,20-,22-,23-,24-/m0/s1. The first-order valence-electron chi connectivity index (χ1n) is 16.4. The molecular weight excluding hydrogens is 646 g/mol. The van der Waals surface area contributed by atoms with Gasteiger partial charge in [0, 0.05) is 6.92 Å². The van der Waals surface area contributed by atoms with Crippen molar-refractivity contribution in [3.05, 3.63) is 0 Å². The van der Waals surface area contributed by atoms with E-state index < -0.39 is 102 Å². The molecule has 274 valence electrons. The molecule has 0 unspecified atom stereocenters. The topological polar surface area (TPSA) is 292 Å². The van der Waals surface area contributed by atoms with E-state index in [1.54, 1.807) is 0 Å². The van der Waals surface area contributed by atoms with Gasteiger partial charge in [0.15, 0.2) is 0 Å². The molecule has 0 aromatic rings. The molecule has 18 heteroatoms. The number of nitrogens with one attached hydrogen (secondary N) is 6. The van der Waals surface area contributed by atoms with Gasteiger partial charge >= 0.3 is 5.97 Å². The number of nitrogens with two attached hydrogens (primary N) is 1. The Morgan fingerprint density at radius 1 is 0.653 bits per heavy atom. The van der Waals surface area contributed by atoms with Crippen LogP contribution in [0, 0.1) is 11.8 Å². The van der Waals surface area contributed by atoms with Gasteiger partial charge in [0.25, 0.3) is 5.91 Å². The summed E-state index contributed by atoms with van der Waals surface area (Å²) in [5.41, 5.74) is 5.44. The number of aliphatic hydroxyl groups excluding tert-OH is 1. The molecule has 2 aliphatic rings. The van der Waals surface area contributed by atoms with Crippen LogP contribution in [-0.2, 0) is 43.2 Å². The van der Waals surface area contributed by atoms with Crippen molar-refractivity contribution in [3.8, 4) is 0 Å². The van der Waals surface area contributed by atoms with Crippen LogP contribution in [0.1, 0.15) is 85.5 Å². The Hall–Kier alpha value is -4.61. The number of amides is 7. The Labute approximate surface area is 283 Å². The zero-order valence-electron chi connectivity index (χ0n) is 28.2. The number of carboxylic acids is 1. The van der Waals surface area contributed by atoms with E-state index in [1.807, 2.05) is 5.32 Å². The van der Waals surface area contributed by atoms with Crippen LogP contribution in [0.3, 0.4) is 0 Å². The van der Waals surface area contributed by atoms with Crippen LogP contribution in [0.5, 0.6) is 0 Å². The molecule has 49 heavy (non-hydrogen) atoms. The highest BCUT2D eigenvalue weighted by atomic mass is 16.4. The van der Waals surface area contributed by atoms with Gasteiger partial charge in [-0.25, -0.2) is 0 Å². The molecule has 7 amide bonds. The van der Waals surface area contributed by atoms with Crippen LogP contribution in [0.15, 0.2) is 0 Å². The molecule has 0 heterocycles. The summed E-state index contributed by atoms with van der Waals surface area (Å²) >= 11 is 0. The van der Waals surface area contributed by atoms with E-state index >= 15 is 0 Å². The van der Waals surface area contributed by atoms with E-state index in [0.29, 0.717) is 25.7 Å². The maximum atomic E-state index is 13.1. The Balaban J connectivity index is 2.00. The molecular formula is C31H49N7O11. The lowest BCUT2D eigenvalue weighted by Gasteiger charge is -2.28. The summed E-state index contributed by atoms with van der Waals surface area (Å²) in [6.45, 7) is 4.90. The zero-order valence-corrected chi connectivity index (χ0v) is 28.2. The minimum atomic E-state index is -1.75. The second-order valence-electron chi connectivity index (χ2n) is 12.8. The summed E-state index contributed by atoms with van der Waals surface area (Å²) in [4.78, 5) is 112. The molecule has 2 fully saturated rings. The Morgan fingerprint density at radius 2 is 1.16 bits per heavy atom. The summed E-state index contributed by atoms with van der Waals surface area (Å²) < 4.78 is 0. The molecule has 10 N–H and O–H groups in total. The maximum absolute atomic E-state index is 13.1. The molecule has 0 spiro atoms. The number of ketones is 1. The molecule has 0 aliphatic heterocycles. The van der Waals surface area contributed by atoms with Gasteiger partial charge in [-0.2, -0.15) is 0 Å². The lowest BCUT2D eigenvalue weighted by atomic mass is 9.96. The predicted octanol–water partition coefficient (Wildman–Crippen LogP) is -2.75. The van der Waals surface area contributed by atoms with Crippen LogP contribution >= 0.6 is 0 Å². The van der Waals surface area contributed by atoms with E-state index in [1.165, 1.54) is 20.8 Å². The SMILES string of the molecule is CC(=O)N[C@H](C(=O)N[C@H](C(=O)N[C@@H](C)C(=O)N[C@@H](C)C(=O)C(=O)N[C@@H](CC(=O)O)C(=O)N[C@H](C(N)=O)C1CCCC1)[C@@H](C)O)C1CCCC1. The van der Waals surface area contributed by atoms with Gasteiger partial charge < -0.3 is 47.8 Å². The summed E-state index contributed by atoms with van der Waals surface area (Å²) in [5, 5.41) is 33.5. The quantitative estimate of drug-likeness (QED) is 0.0662. The van der Waals surface area contributed by atoms with Crippen LogP contribution < -0.4 is 37.6 Å². The van der Waals surface area contributed by atoms with Gasteiger partial charge in [0.1, 0.15) is 30.2 Å². The third kappa shape index (κ3) is 12.4. The number of rotatable bonds is 18. The first kappa shape index (κ1) is 40.6. The summed E-state index contributed by atoms with van der Waals surface area (Å²) in [5.74, 6) is -9.37. The molecule has 0 saturated heterocycles.